The van der Waals surface area contributed by atoms with Crippen LogP contribution in [0.15, 0.2) is 97.1 Å². The minimum Gasteiger partial charge on any atom is -0.488 e. The molecule has 0 bridgehead atoms. The summed E-state index contributed by atoms with van der Waals surface area (Å²) in [5.41, 5.74) is 3.72. The van der Waals surface area contributed by atoms with Crippen LogP contribution >= 0.6 is 0 Å². The summed E-state index contributed by atoms with van der Waals surface area (Å²) >= 11 is 0. The molecule has 0 atom stereocenters. The van der Waals surface area contributed by atoms with Gasteiger partial charge in [0.15, 0.2) is 0 Å². The van der Waals surface area contributed by atoms with Gasteiger partial charge in [0.25, 0.3) is 5.91 Å². The van der Waals surface area contributed by atoms with Gasteiger partial charge in [0.05, 0.1) is 5.69 Å². The number of amides is 1. The van der Waals surface area contributed by atoms with Crippen molar-refractivity contribution in [2.45, 2.75) is 33.0 Å². The van der Waals surface area contributed by atoms with Crippen LogP contribution in [0.2, 0.25) is 0 Å². The monoisotopic (exact) mass is 469 g/mol. The van der Waals surface area contributed by atoms with Gasteiger partial charge in [0, 0.05) is 11.6 Å². The highest BCUT2D eigenvalue weighted by Crippen LogP contribution is 2.38. The predicted molar refractivity (Wildman–Crippen MR) is 136 cm³/mol. The van der Waals surface area contributed by atoms with E-state index in [2.05, 4.69) is 19.2 Å². The van der Waals surface area contributed by atoms with Crippen LogP contribution in [0, 0.1) is 5.82 Å². The Morgan fingerprint density at radius 3 is 1.94 bits per heavy atom. The number of halogens is 1. The fraction of sp³-hybridized carbons (Fsp3) is 0.167. The van der Waals surface area contributed by atoms with E-state index in [0.717, 1.165) is 16.7 Å². The van der Waals surface area contributed by atoms with Gasteiger partial charge in [0.1, 0.15) is 30.5 Å². The summed E-state index contributed by atoms with van der Waals surface area (Å²) in [4.78, 5) is 12.9. The van der Waals surface area contributed by atoms with Crippen molar-refractivity contribution in [1.29, 1.82) is 0 Å². The number of ether oxygens (including phenoxy) is 2. The van der Waals surface area contributed by atoms with E-state index in [4.69, 9.17) is 9.47 Å². The third-order valence-electron chi connectivity index (χ3n) is 5.54. The quantitative estimate of drug-likeness (QED) is 0.279. The molecule has 0 radical (unpaired) electrons. The van der Waals surface area contributed by atoms with E-state index in [9.17, 15) is 9.18 Å². The van der Waals surface area contributed by atoms with E-state index in [-0.39, 0.29) is 11.5 Å². The molecular weight excluding hydrogens is 441 g/mol. The van der Waals surface area contributed by atoms with Gasteiger partial charge >= 0.3 is 0 Å². The van der Waals surface area contributed by atoms with Gasteiger partial charge < -0.3 is 14.8 Å². The highest BCUT2D eigenvalue weighted by molar-refractivity contribution is 6.05. The Morgan fingerprint density at radius 2 is 1.37 bits per heavy atom. The maximum atomic E-state index is 13.7. The third kappa shape index (κ3) is 6.48. The summed E-state index contributed by atoms with van der Waals surface area (Å²) in [6.45, 7) is 4.86. The second-order valence-electron chi connectivity index (χ2n) is 8.55. The van der Waals surface area contributed by atoms with Crippen molar-refractivity contribution >= 4 is 11.6 Å². The van der Waals surface area contributed by atoms with Crippen molar-refractivity contribution in [2.75, 3.05) is 5.32 Å². The van der Waals surface area contributed by atoms with E-state index in [0.29, 0.717) is 30.4 Å². The molecule has 0 saturated carbocycles. The molecule has 1 N–H and O–H groups in total. The van der Waals surface area contributed by atoms with Crippen molar-refractivity contribution < 1.29 is 18.7 Å². The van der Waals surface area contributed by atoms with Crippen molar-refractivity contribution in [3.63, 3.8) is 0 Å². The van der Waals surface area contributed by atoms with E-state index >= 15 is 0 Å². The molecular formula is C30H28FNO3. The van der Waals surface area contributed by atoms with Crippen LogP contribution in [-0.4, -0.2) is 5.91 Å². The van der Waals surface area contributed by atoms with Crippen LogP contribution in [-0.2, 0) is 13.2 Å². The summed E-state index contributed by atoms with van der Waals surface area (Å²) in [6.07, 6.45) is 0. The van der Waals surface area contributed by atoms with Gasteiger partial charge in [0.2, 0.25) is 0 Å². The van der Waals surface area contributed by atoms with Gasteiger partial charge in [-0.3, -0.25) is 4.79 Å². The Hall–Kier alpha value is -4.12. The molecule has 5 heteroatoms. The Labute approximate surface area is 205 Å². The predicted octanol–water partition coefficient (Wildman–Crippen LogP) is 7.36. The van der Waals surface area contributed by atoms with E-state index < -0.39 is 11.7 Å². The molecule has 1 amide bonds. The van der Waals surface area contributed by atoms with E-state index in [1.807, 2.05) is 72.8 Å². The topological polar surface area (TPSA) is 47.6 Å². The van der Waals surface area contributed by atoms with Crippen LogP contribution in [0.4, 0.5) is 10.1 Å². The third-order valence-corrected chi connectivity index (χ3v) is 5.54. The summed E-state index contributed by atoms with van der Waals surface area (Å²) in [7, 11) is 0. The second kappa shape index (κ2) is 11.3. The molecule has 4 aromatic rings. The molecule has 0 aromatic heterocycles. The van der Waals surface area contributed by atoms with Crippen LogP contribution in [0.25, 0.3) is 0 Å². The molecule has 0 fully saturated rings. The summed E-state index contributed by atoms with van der Waals surface area (Å²) < 4.78 is 26.0. The number of carbonyl (C=O) groups excluding carboxylic acids is 1. The average Bonchev–Trinajstić information content (AvgIpc) is 2.88. The first kappa shape index (κ1) is 24.0. The average molecular weight is 470 g/mol. The first-order chi connectivity index (χ1) is 17.0. The lowest BCUT2D eigenvalue weighted by molar-refractivity contribution is 0.102. The second-order valence-corrected chi connectivity index (χ2v) is 8.55. The zero-order valence-corrected chi connectivity index (χ0v) is 19.8. The van der Waals surface area contributed by atoms with Gasteiger partial charge in [-0.1, -0.05) is 80.6 Å². The maximum absolute atomic E-state index is 13.7. The molecule has 178 valence electrons. The molecule has 0 unspecified atom stereocenters. The number of rotatable bonds is 9. The first-order valence-corrected chi connectivity index (χ1v) is 11.6. The minimum atomic E-state index is -0.467. The number of hydrogen-bond donors (Lipinski definition) is 1. The molecule has 0 saturated heterocycles. The number of anilines is 1. The zero-order valence-electron chi connectivity index (χ0n) is 19.8. The van der Waals surface area contributed by atoms with Crippen LogP contribution < -0.4 is 14.8 Å². The van der Waals surface area contributed by atoms with Crippen LogP contribution in [0.1, 0.15) is 46.8 Å². The lowest BCUT2D eigenvalue weighted by Crippen LogP contribution is -2.14. The lowest BCUT2D eigenvalue weighted by Gasteiger charge is -2.20. The van der Waals surface area contributed by atoms with Crippen molar-refractivity contribution in [3.8, 4) is 11.5 Å². The van der Waals surface area contributed by atoms with Gasteiger partial charge in [-0.05, 0) is 46.9 Å². The number of benzene rings is 4. The van der Waals surface area contributed by atoms with Crippen molar-refractivity contribution in [3.05, 3.63) is 125 Å². The van der Waals surface area contributed by atoms with E-state index in [1.165, 1.54) is 18.2 Å². The van der Waals surface area contributed by atoms with E-state index in [1.54, 1.807) is 6.07 Å². The van der Waals surface area contributed by atoms with Gasteiger partial charge in [-0.2, -0.15) is 0 Å². The number of hydrogen-bond acceptors (Lipinski definition) is 3. The molecule has 0 heterocycles. The standard InChI is InChI=1S/C30H28FNO3/c1-21(2)26-17-27(32-30(33)24-14-9-15-25(31)16-24)29(35-20-23-12-7-4-8-13-23)18-28(26)34-19-22-10-5-3-6-11-22/h3-18,21H,19-20H2,1-2H3,(H,32,33). The lowest BCUT2D eigenvalue weighted by atomic mass is 10.0. The molecule has 4 aromatic carbocycles. The smallest absolute Gasteiger partial charge is 0.255 e. The molecule has 0 aliphatic heterocycles. The molecule has 35 heavy (non-hydrogen) atoms. The fourth-order valence-corrected chi connectivity index (χ4v) is 3.67. The number of carbonyl (C=O) groups is 1. The molecule has 0 spiro atoms. The first-order valence-electron chi connectivity index (χ1n) is 11.6. The normalized spacial score (nSPS) is 10.7. The Kier molecular flexibility index (Phi) is 7.78. The van der Waals surface area contributed by atoms with Crippen molar-refractivity contribution in [1.82, 2.24) is 0 Å². The molecule has 4 nitrogen and oxygen atoms in total. The van der Waals surface area contributed by atoms with Crippen molar-refractivity contribution in [2.24, 2.45) is 0 Å². The Bertz CT molecular complexity index is 1270. The highest BCUT2D eigenvalue weighted by Gasteiger charge is 2.18. The SMILES string of the molecule is CC(C)c1cc(NC(=O)c2cccc(F)c2)c(OCc2ccccc2)cc1OCc1ccccc1. The fourth-order valence-electron chi connectivity index (χ4n) is 3.67. The number of nitrogens with one attached hydrogen (secondary N) is 1. The van der Waals surface area contributed by atoms with Gasteiger partial charge in [-0.15, -0.1) is 0 Å². The largest absolute Gasteiger partial charge is 0.488 e. The Morgan fingerprint density at radius 1 is 0.771 bits per heavy atom. The molecule has 4 rings (SSSR count). The molecule has 0 aliphatic rings. The zero-order chi connectivity index (χ0) is 24.6. The van der Waals surface area contributed by atoms with Crippen LogP contribution in [0.3, 0.4) is 0 Å². The summed E-state index contributed by atoms with van der Waals surface area (Å²) in [6, 6.07) is 29.0. The summed E-state index contributed by atoms with van der Waals surface area (Å²) in [5, 5.41) is 2.90. The highest BCUT2D eigenvalue weighted by atomic mass is 19.1. The Balaban J connectivity index is 1.66. The summed E-state index contributed by atoms with van der Waals surface area (Å²) in [5.74, 6) is 0.419. The minimum absolute atomic E-state index is 0.133. The van der Waals surface area contributed by atoms with Crippen LogP contribution in [0.5, 0.6) is 11.5 Å². The maximum Gasteiger partial charge on any atom is 0.255 e. The molecule has 0 aliphatic carbocycles. The van der Waals surface area contributed by atoms with Gasteiger partial charge in [-0.25, -0.2) is 4.39 Å².